The monoisotopic (exact) mass is 243 g/mol. The van der Waals surface area contributed by atoms with Gasteiger partial charge in [-0.15, -0.1) is 11.8 Å². The summed E-state index contributed by atoms with van der Waals surface area (Å²) in [6.07, 6.45) is 2.32. The van der Waals surface area contributed by atoms with Gasteiger partial charge < -0.3 is 0 Å². The Hall–Kier alpha value is -0.540. The van der Waals surface area contributed by atoms with Crippen molar-refractivity contribution in [1.82, 2.24) is 0 Å². The molecule has 15 heavy (non-hydrogen) atoms. The van der Waals surface area contributed by atoms with Crippen LogP contribution in [0.25, 0.3) is 0 Å². The molecule has 2 nitrogen and oxygen atoms in total. The second kappa shape index (κ2) is 6.85. The van der Waals surface area contributed by atoms with Crippen molar-refractivity contribution >= 4 is 23.4 Å². The molecule has 4 heteroatoms. The fraction of sp³-hybridized carbons (Fsp3) is 0.455. The van der Waals surface area contributed by atoms with Crippen molar-refractivity contribution in [1.29, 1.82) is 0 Å². The van der Waals surface area contributed by atoms with E-state index in [4.69, 9.17) is 11.6 Å². The van der Waals surface area contributed by atoms with Crippen LogP contribution in [0.5, 0.6) is 0 Å². The second-order valence-corrected chi connectivity index (χ2v) is 4.73. The number of nitrogens with zero attached hydrogens (tertiary/aromatic N) is 1. The molecule has 0 aliphatic carbocycles. The van der Waals surface area contributed by atoms with Crippen LogP contribution >= 0.6 is 23.4 Å². The lowest BCUT2D eigenvalue weighted by atomic mass is 10.2. The maximum absolute atomic E-state index is 10.3. The molecule has 0 radical (unpaired) electrons. The fourth-order valence-electron chi connectivity index (χ4n) is 1.23. The number of hydrogen-bond acceptors (Lipinski definition) is 3. The van der Waals surface area contributed by atoms with E-state index in [-0.39, 0.29) is 6.54 Å². The zero-order chi connectivity index (χ0) is 11.1. The summed E-state index contributed by atoms with van der Waals surface area (Å²) < 4.78 is 0. The zero-order valence-corrected chi connectivity index (χ0v) is 10.3. The number of unbranched alkanes of at least 4 members (excludes halogenated alkanes) is 1. The number of nitroso groups, excluding NO2 is 1. The number of benzene rings is 1. The molecule has 0 heterocycles. The van der Waals surface area contributed by atoms with Crippen LogP contribution in [-0.2, 0) is 6.54 Å². The normalized spacial score (nSPS) is 10.3. The van der Waals surface area contributed by atoms with E-state index >= 15 is 0 Å². The smallest absolute Gasteiger partial charge is 0.107 e. The van der Waals surface area contributed by atoms with Gasteiger partial charge in [-0.25, -0.2) is 0 Å². The lowest BCUT2D eigenvalue weighted by Gasteiger charge is -2.07. The van der Waals surface area contributed by atoms with Crippen molar-refractivity contribution in [3.63, 3.8) is 0 Å². The van der Waals surface area contributed by atoms with Gasteiger partial charge >= 0.3 is 0 Å². The Morgan fingerprint density at radius 2 is 2.27 bits per heavy atom. The first-order chi connectivity index (χ1) is 7.29. The minimum absolute atomic E-state index is 0.203. The highest BCUT2D eigenvalue weighted by Crippen LogP contribution is 2.31. The SMILES string of the molecule is CCCCSc1c(Cl)cccc1CN=O. The number of halogens is 1. The van der Waals surface area contributed by atoms with Crippen LogP contribution in [0.3, 0.4) is 0 Å². The lowest BCUT2D eigenvalue weighted by molar-refractivity contribution is 0.895. The molecule has 0 saturated carbocycles. The van der Waals surface area contributed by atoms with E-state index in [1.165, 1.54) is 6.42 Å². The van der Waals surface area contributed by atoms with Crippen molar-refractivity contribution in [3.05, 3.63) is 33.7 Å². The van der Waals surface area contributed by atoms with Crippen LogP contribution in [-0.4, -0.2) is 5.75 Å². The van der Waals surface area contributed by atoms with Gasteiger partial charge in [0.15, 0.2) is 0 Å². The first kappa shape index (κ1) is 12.5. The molecule has 1 rings (SSSR count). The van der Waals surface area contributed by atoms with Gasteiger partial charge in [0, 0.05) is 4.90 Å². The van der Waals surface area contributed by atoms with Gasteiger partial charge in [0.2, 0.25) is 0 Å². The average molecular weight is 244 g/mol. The zero-order valence-electron chi connectivity index (χ0n) is 8.70. The summed E-state index contributed by atoms with van der Waals surface area (Å²) in [5, 5.41) is 3.63. The summed E-state index contributed by atoms with van der Waals surface area (Å²) in [7, 11) is 0. The summed E-state index contributed by atoms with van der Waals surface area (Å²) in [4.78, 5) is 11.3. The topological polar surface area (TPSA) is 29.4 Å². The molecule has 0 amide bonds. The van der Waals surface area contributed by atoms with Gasteiger partial charge in [0.25, 0.3) is 0 Å². The molecule has 0 aromatic heterocycles. The molecular formula is C11H14ClNOS. The molecule has 0 saturated heterocycles. The van der Waals surface area contributed by atoms with Crippen molar-refractivity contribution in [2.75, 3.05) is 5.75 Å². The van der Waals surface area contributed by atoms with E-state index in [9.17, 15) is 4.91 Å². The van der Waals surface area contributed by atoms with E-state index in [0.717, 1.165) is 27.7 Å². The van der Waals surface area contributed by atoms with E-state index in [0.29, 0.717) is 0 Å². The van der Waals surface area contributed by atoms with Crippen LogP contribution < -0.4 is 0 Å². The van der Waals surface area contributed by atoms with Crippen molar-refractivity contribution < 1.29 is 0 Å². The van der Waals surface area contributed by atoms with Crippen molar-refractivity contribution in [3.8, 4) is 0 Å². The van der Waals surface area contributed by atoms with Crippen LogP contribution in [0.15, 0.2) is 28.3 Å². The highest BCUT2D eigenvalue weighted by Gasteiger charge is 2.07. The molecule has 0 atom stereocenters. The van der Waals surface area contributed by atoms with Gasteiger partial charge in [0.05, 0.1) is 5.02 Å². The molecule has 0 N–H and O–H groups in total. The molecular weight excluding hydrogens is 230 g/mol. The summed E-state index contributed by atoms with van der Waals surface area (Å²) >= 11 is 7.79. The van der Waals surface area contributed by atoms with Gasteiger partial charge in [-0.1, -0.05) is 42.3 Å². The Morgan fingerprint density at radius 3 is 2.93 bits per heavy atom. The summed E-state index contributed by atoms with van der Waals surface area (Å²) in [6, 6.07) is 5.61. The minimum Gasteiger partial charge on any atom is -0.150 e. The van der Waals surface area contributed by atoms with Crippen LogP contribution in [0, 0.1) is 4.91 Å². The van der Waals surface area contributed by atoms with Gasteiger partial charge in [-0.05, 0) is 23.8 Å². The van der Waals surface area contributed by atoms with Gasteiger partial charge in [-0.2, -0.15) is 4.91 Å². The quantitative estimate of drug-likeness (QED) is 0.418. The molecule has 82 valence electrons. The van der Waals surface area contributed by atoms with Crippen molar-refractivity contribution in [2.45, 2.75) is 31.2 Å². The Kier molecular flexibility index (Phi) is 5.73. The van der Waals surface area contributed by atoms with Gasteiger partial charge in [0.1, 0.15) is 6.54 Å². The highest BCUT2D eigenvalue weighted by atomic mass is 35.5. The molecule has 0 unspecified atom stereocenters. The molecule has 0 bridgehead atoms. The molecule has 0 aliphatic rings. The predicted molar refractivity (Wildman–Crippen MR) is 66.6 cm³/mol. The predicted octanol–water partition coefficient (Wildman–Crippen LogP) is 4.50. The first-order valence-corrected chi connectivity index (χ1v) is 6.35. The van der Waals surface area contributed by atoms with Crippen LogP contribution in [0.1, 0.15) is 25.3 Å². The third-order valence-corrected chi connectivity index (χ3v) is 3.72. The summed E-state index contributed by atoms with van der Waals surface area (Å²) in [5.41, 5.74) is 0.929. The maximum Gasteiger partial charge on any atom is 0.107 e. The molecule has 0 aliphatic heterocycles. The largest absolute Gasteiger partial charge is 0.150 e. The minimum atomic E-state index is 0.203. The summed E-state index contributed by atoms with van der Waals surface area (Å²) in [5.74, 6) is 1.03. The average Bonchev–Trinajstić information content (AvgIpc) is 2.23. The van der Waals surface area contributed by atoms with E-state index in [1.807, 2.05) is 18.2 Å². The van der Waals surface area contributed by atoms with E-state index < -0.39 is 0 Å². The Balaban J connectivity index is 2.77. The number of thioether (sulfide) groups is 1. The molecule has 1 aromatic rings. The Bertz CT molecular complexity index is 330. The Morgan fingerprint density at radius 1 is 1.47 bits per heavy atom. The van der Waals surface area contributed by atoms with E-state index in [1.54, 1.807) is 11.8 Å². The molecule has 1 aromatic carbocycles. The van der Waals surface area contributed by atoms with Crippen LogP contribution in [0.2, 0.25) is 5.02 Å². The molecule has 0 fully saturated rings. The maximum atomic E-state index is 10.3. The lowest BCUT2D eigenvalue weighted by Crippen LogP contribution is -1.88. The van der Waals surface area contributed by atoms with Gasteiger partial charge in [-0.3, -0.25) is 0 Å². The van der Waals surface area contributed by atoms with Crippen molar-refractivity contribution in [2.24, 2.45) is 5.18 Å². The standard InChI is InChI=1S/C11H14ClNOS/c1-2-3-7-15-11-9(8-13-14)5-4-6-10(11)12/h4-6H,2-3,7-8H2,1H3. The van der Waals surface area contributed by atoms with E-state index in [2.05, 4.69) is 12.1 Å². The third-order valence-electron chi connectivity index (χ3n) is 2.03. The summed E-state index contributed by atoms with van der Waals surface area (Å²) in [6.45, 7) is 2.36. The fourth-order valence-corrected chi connectivity index (χ4v) is 2.75. The number of rotatable bonds is 6. The first-order valence-electron chi connectivity index (χ1n) is 4.99. The van der Waals surface area contributed by atoms with Crippen LogP contribution in [0.4, 0.5) is 0 Å². The third kappa shape index (κ3) is 3.84. The molecule has 0 spiro atoms. The number of hydrogen-bond donors (Lipinski definition) is 0. The Labute approximate surface area is 99.4 Å². The highest BCUT2D eigenvalue weighted by molar-refractivity contribution is 7.99. The second-order valence-electron chi connectivity index (χ2n) is 3.22.